The van der Waals surface area contributed by atoms with E-state index >= 15 is 0 Å². The fourth-order valence-corrected chi connectivity index (χ4v) is 5.34. The number of allylic oxidation sites excluding steroid dienone is 1. The van der Waals surface area contributed by atoms with Crippen molar-refractivity contribution in [1.82, 2.24) is 9.88 Å². The summed E-state index contributed by atoms with van der Waals surface area (Å²) in [7, 11) is 1.36. The number of carbonyl (C=O) groups is 3. The van der Waals surface area contributed by atoms with E-state index in [-0.39, 0.29) is 17.7 Å². The Morgan fingerprint density at radius 3 is 2.66 bits per heavy atom. The second kappa shape index (κ2) is 7.98. The predicted octanol–water partition coefficient (Wildman–Crippen LogP) is 3.38. The summed E-state index contributed by atoms with van der Waals surface area (Å²) in [5.41, 5.74) is 4.36. The van der Waals surface area contributed by atoms with Crippen LogP contribution in [0.1, 0.15) is 61.5 Å². The Kier molecular flexibility index (Phi) is 5.26. The van der Waals surface area contributed by atoms with Gasteiger partial charge in [-0.05, 0) is 48.8 Å². The SMILES string of the molecule is COC(=O)C1(C(=O)N2CC=C(c3cc(CC(=O)C4CC4)nc4c3C=CC4)C(C)C2)CCC1. The van der Waals surface area contributed by atoms with E-state index < -0.39 is 11.4 Å². The van der Waals surface area contributed by atoms with Crippen molar-refractivity contribution in [2.45, 2.75) is 51.9 Å². The van der Waals surface area contributed by atoms with Crippen LogP contribution in [0.25, 0.3) is 11.6 Å². The lowest BCUT2D eigenvalue weighted by Crippen LogP contribution is -2.54. The van der Waals surface area contributed by atoms with Crippen molar-refractivity contribution in [1.29, 1.82) is 0 Å². The van der Waals surface area contributed by atoms with E-state index in [1.807, 2.05) is 0 Å². The molecule has 3 aliphatic carbocycles. The van der Waals surface area contributed by atoms with Crippen LogP contribution < -0.4 is 0 Å². The van der Waals surface area contributed by atoms with Crippen LogP contribution in [0.3, 0.4) is 0 Å². The zero-order valence-corrected chi connectivity index (χ0v) is 18.9. The van der Waals surface area contributed by atoms with E-state index in [0.29, 0.717) is 38.1 Å². The van der Waals surface area contributed by atoms with Gasteiger partial charge in [-0.2, -0.15) is 0 Å². The van der Waals surface area contributed by atoms with Gasteiger partial charge in [0.2, 0.25) is 5.91 Å². The molecule has 1 amide bonds. The molecule has 1 unspecified atom stereocenters. The fraction of sp³-hybridized carbons (Fsp3) is 0.538. The second-order valence-corrected chi connectivity index (χ2v) is 9.74. The summed E-state index contributed by atoms with van der Waals surface area (Å²) in [5, 5.41) is 0. The molecule has 6 nitrogen and oxygen atoms in total. The van der Waals surface area contributed by atoms with E-state index in [4.69, 9.17) is 9.72 Å². The van der Waals surface area contributed by atoms with Crippen molar-refractivity contribution in [3.8, 4) is 0 Å². The average Bonchev–Trinajstić information content (AvgIpc) is 3.50. The summed E-state index contributed by atoms with van der Waals surface area (Å²) in [4.78, 5) is 44.6. The lowest BCUT2D eigenvalue weighted by Gasteiger charge is -2.42. The second-order valence-electron chi connectivity index (χ2n) is 9.74. The minimum absolute atomic E-state index is 0.103. The average molecular weight is 435 g/mol. The number of ether oxygens (including phenoxy) is 1. The van der Waals surface area contributed by atoms with E-state index in [1.54, 1.807) is 4.90 Å². The number of carbonyl (C=O) groups excluding carboxylic acids is 3. The van der Waals surface area contributed by atoms with Gasteiger partial charge in [0.05, 0.1) is 12.8 Å². The number of ketones is 1. The minimum Gasteiger partial charge on any atom is -0.468 e. The Morgan fingerprint density at radius 1 is 1.25 bits per heavy atom. The Hall–Kier alpha value is -2.76. The molecule has 5 rings (SSSR count). The Morgan fingerprint density at radius 2 is 2.03 bits per heavy atom. The monoisotopic (exact) mass is 434 g/mol. The van der Waals surface area contributed by atoms with E-state index in [0.717, 1.165) is 48.2 Å². The van der Waals surface area contributed by atoms with Gasteiger partial charge in [0, 0.05) is 43.1 Å². The van der Waals surface area contributed by atoms with Gasteiger partial charge < -0.3 is 9.64 Å². The first-order valence-corrected chi connectivity index (χ1v) is 11.7. The lowest BCUT2D eigenvalue weighted by molar-refractivity contribution is -0.170. The van der Waals surface area contributed by atoms with Crippen LogP contribution in [0.5, 0.6) is 0 Å². The molecule has 2 saturated carbocycles. The van der Waals surface area contributed by atoms with E-state index in [2.05, 4.69) is 31.2 Å². The van der Waals surface area contributed by atoms with Crippen LogP contribution in [0.4, 0.5) is 0 Å². The first-order chi connectivity index (χ1) is 15.4. The summed E-state index contributed by atoms with van der Waals surface area (Å²) in [6, 6.07) is 2.08. The van der Waals surface area contributed by atoms with Crippen LogP contribution in [-0.4, -0.2) is 47.7 Å². The number of rotatable bonds is 6. The van der Waals surface area contributed by atoms with E-state index in [9.17, 15) is 14.4 Å². The number of amides is 1. The molecule has 6 heteroatoms. The molecule has 2 heterocycles. The van der Waals surface area contributed by atoms with Gasteiger partial charge in [-0.1, -0.05) is 31.6 Å². The van der Waals surface area contributed by atoms with Crippen LogP contribution >= 0.6 is 0 Å². The molecule has 0 N–H and O–H groups in total. The number of Topliss-reactive ketones (excluding diaryl/α,β-unsaturated/α-hetero) is 1. The zero-order valence-electron chi connectivity index (χ0n) is 18.9. The maximum Gasteiger partial charge on any atom is 0.321 e. The Labute approximate surface area is 188 Å². The molecule has 1 atom stereocenters. The maximum absolute atomic E-state index is 13.3. The number of hydrogen-bond acceptors (Lipinski definition) is 5. The van der Waals surface area contributed by atoms with Crippen molar-refractivity contribution in [3.63, 3.8) is 0 Å². The molecule has 0 saturated heterocycles. The lowest BCUT2D eigenvalue weighted by atomic mass is 9.67. The molecule has 32 heavy (non-hydrogen) atoms. The minimum atomic E-state index is -0.989. The maximum atomic E-state index is 13.3. The third-order valence-electron chi connectivity index (χ3n) is 7.52. The van der Waals surface area contributed by atoms with Crippen LogP contribution in [0, 0.1) is 17.3 Å². The van der Waals surface area contributed by atoms with Crippen LogP contribution in [0.2, 0.25) is 0 Å². The van der Waals surface area contributed by atoms with Crippen molar-refractivity contribution in [2.75, 3.05) is 20.2 Å². The summed E-state index contributed by atoms with van der Waals surface area (Å²) >= 11 is 0. The highest BCUT2D eigenvalue weighted by Crippen LogP contribution is 2.45. The fourth-order valence-electron chi connectivity index (χ4n) is 5.34. The molecular weight excluding hydrogens is 404 g/mol. The molecule has 0 aromatic carbocycles. The summed E-state index contributed by atoms with van der Waals surface area (Å²) in [5.74, 6) is 0.139. The van der Waals surface area contributed by atoms with Crippen molar-refractivity contribution in [3.05, 3.63) is 40.7 Å². The standard InChI is InChI=1S/C26H30N2O4/c1-16-15-28(24(30)26(10-4-11-26)25(31)32-2)12-9-19(16)21-13-18(14-23(29)17-7-8-17)27-22-6-3-5-20(21)22/h3,5,9,13,16-17H,4,6-8,10-12,14-15H2,1-2H3. The highest BCUT2D eigenvalue weighted by atomic mass is 16.5. The first-order valence-electron chi connectivity index (χ1n) is 11.7. The molecule has 1 aromatic heterocycles. The molecule has 2 fully saturated rings. The topological polar surface area (TPSA) is 76.6 Å². The number of nitrogens with zero attached hydrogens (tertiary/aromatic N) is 2. The number of methoxy groups -OCH3 is 1. The predicted molar refractivity (Wildman–Crippen MR) is 120 cm³/mol. The van der Waals surface area contributed by atoms with Crippen molar-refractivity contribution >= 4 is 29.3 Å². The molecule has 0 radical (unpaired) electrons. The molecule has 0 bridgehead atoms. The van der Waals surface area contributed by atoms with Crippen molar-refractivity contribution < 1.29 is 19.1 Å². The highest BCUT2D eigenvalue weighted by molar-refractivity contribution is 6.04. The Bertz CT molecular complexity index is 1050. The number of pyridine rings is 1. The molecule has 0 spiro atoms. The quantitative estimate of drug-likeness (QED) is 0.507. The van der Waals surface area contributed by atoms with Gasteiger partial charge in [-0.25, -0.2) is 0 Å². The smallest absolute Gasteiger partial charge is 0.321 e. The van der Waals surface area contributed by atoms with Gasteiger partial charge in [0.25, 0.3) is 0 Å². The molecule has 168 valence electrons. The number of hydrogen-bond donors (Lipinski definition) is 0. The van der Waals surface area contributed by atoms with Gasteiger partial charge in [-0.15, -0.1) is 0 Å². The molecular formula is C26H30N2O4. The summed E-state index contributed by atoms with van der Waals surface area (Å²) < 4.78 is 4.96. The highest BCUT2D eigenvalue weighted by Gasteiger charge is 2.54. The van der Waals surface area contributed by atoms with E-state index in [1.165, 1.54) is 12.7 Å². The molecule has 1 aliphatic heterocycles. The van der Waals surface area contributed by atoms with Crippen LogP contribution in [-0.2, 0) is 32.0 Å². The third kappa shape index (κ3) is 3.50. The summed E-state index contributed by atoms with van der Waals surface area (Å²) in [6.07, 6.45) is 11.6. The zero-order chi connectivity index (χ0) is 22.5. The Balaban J connectivity index is 1.41. The first kappa shape index (κ1) is 21.1. The normalized spacial score (nSPS) is 23.2. The van der Waals surface area contributed by atoms with Gasteiger partial charge in [-0.3, -0.25) is 19.4 Å². The number of aromatic nitrogens is 1. The van der Waals surface area contributed by atoms with Gasteiger partial charge >= 0.3 is 5.97 Å². The third-order valence-corrected chi connectivity index (χ3v) is 7.52. The van der Waals surface area contributed by atoms with Crippen molar-refractivity contribution in [2.24, 2.45) is 17.3 Å². The number of esters is 1. The largest absolute Gasteiger partial charge is 0.468 e. The number of fused-ring (bicyclic) bond motifs is 1. The molecule has 1 aromatic rings. The van der Waals surface area contributed by atoms with Gasteiger partial charge in [0.1, 0.15) is 11.2 Å². The van der Waals surface area contributed by atoms with Crippen LogP contribution in [0.15, 0.2) is 18.2 Å². The molecule has 4 aliphatic rings. The summed E-state index contributed by atoms with van der Waals surface area (Å²) in [6.45, 7) is 3.17. The van der Waals surface area contributed by atoms with Gasteiger partial charge in [0.15, 0.2) is 0 Å².